The summed E-state index contributed by atoms with van der Waals surface area (Å²) in [7, 11) is 0. The average molecular weight is 912 g/mol. The summed E-state index contributed by atoms with van der Waals surface area (Å²) in [5.74, 6) is 0.218. The number of aryl methyl sites for hydroxylation is 3. The molecule has 4 saturated carbocycles. The smallest absolute Gasteiger partial charge is 0.0708 e. The van der Waals surface area contributed by atoms with Crippen molar-refractivity contribution >= 4 is 0 Å². The van der Waals surface area contributed by atoms with Crippen molar-refractivity contribution in [1.29, 1.82) is 0 Å². The van der Waals surface area contributed by atoms with Crippen molar-refractivity contribution in [1.82, 2.24) is 15.0 Å². The van der Waals surface area contributed by atoms with Gasteiger partial charge in [-0.2, -0.15) is 0 Å². The molecule has 13 rings (SSSR count). The van der Waals surface area contributed by atoms with E-state index >= 15 is 0 Å². The summed E-state index contributed by atoms with van der Waals surface area (Å²) in [4.78, 5) is 14.9. The zero-order chi connectivity index (χ0) is 50.4. The third-order valence-corrected chi connectivity index (χ3v) is 15.8. The normalized spacial score (nSPS) is 22.4. The Bertz CT molecular complexity index is 3390. The van der Waals surface area contributed by atoms with Crippen LogP contribution >= 0.6 is 0 Å². The van der Waals surface area contributed by atoms with E-state index in [1.165, 1.54) is 5.56 Å². The van der Waals surface area contributed by atoms with E-state index in [1.807, 2.05) is 73.2 Å². The van der Waals surface area contributed by atoms with Gasteiger partial charge >= 0.3 is 0 Å². The van der Waals surface area contributed by atoms with Crippen LogP contribution in [0.3, 0.4) is 0 Å². The van der Waals surface area contributed by atoms with Gasteiger partial charge in [0, 0.05) is 40.8 Å². The molecule has 344 valence electrons. The molecule has 0 radical (unpaired) electrons. The first kappa shape index (κ1) is 39.6. The molecule has 0 saturated heterocycles. The molecule has 0 N–H and O–H groups in total. The molecule has 0 spiro atoms. The third-order valence-electron chi connectivity index (χ3n) is 15.8. The van der Waals surface area contributed by atoms with E-state index in [0.29, 0.717) is 6.42 Å². The second kappa shape index (κ2) is 18.9. The zero-order valence-electron chi connectivity index (χ0n) is 43.8. The quantitative estimate of drug-likeness (QED) is 0.103. The Kier molecular flexibility index (Phi) is 10.7. The highest BCUT2D eigenvalue weighted by molar-refractivity contribution is 5.76. The van der Waals surface area contributed by atoms with Gasteiger partial charge in [-0.25, -0.2) is 0 Å². The van der Waals surface area contributed by atoms with Crippen molar-refractivity contribution in [2.45, 2.75) is 77.0 Å². The number of benzene rings is 6. The fraction of sp³-hybridized carbons (Fsp3) is 0.239. The zero-order valence-corrected chi connectivity index (χ0v) is 39.8. The second-order valence-corrected chi connectivity index (χ2v) is 20.7. The highest BCUT2D eigenvalue weighted by atomic mass is 14.7. The molecule has 3 heteroatoms. The summed E-state index contributed by atoms with van der Waals surface area (Å²) in [6.07, 6.45) is 9.19. The monoisotopic (exact) mass is 912 g/mol. The average Bonchev–Trinajstić information content (AvgIpc) is 3.43. The van der Waals surface area contributed by atoms with Gasteiger partial charge in [-0.05, 0) is 173 Å². The van der Waals surface area contributed by atoms with Crippen LogP contribution in [0.1, 0.15) is 79.9 Å². The predicted octanol–water partition coefficient (Wildman–Crippen LogP) is 17.0. The fourth-order valence-electron chi connectivity index (χ4n) is 13.0. The number of hydrogen-bond acceptors (Lipinski definition) is 3. The van der Waals surface area contributed by atoms with Crippen LogP contribution in [0.5, 0.6) is 0 Å². The third kappa shape index (κ3) is 9.30. The second-order valence-electron chi connectivity index (χ2n) is 20.7. The molecule has 4 fully saturated rings. The number of rotatable bonds is 15. The summed E-state index contributed by atoms with van der Waals surface area (Å²) in [6, 6.07) is 69.0. The molecule has 0 amide bonds. The van der Waals surface area contributed by atoms with Crippen molar-refractivity contribution in [3.8, 4) is 67.2 Å². The van der Waals surface area contributed by atoms with Crippen molar-refractivity contribution in [2.24, 2.45) is 22.2 Å². The number of aromatic nitrogens is 3. The van der Waals surface area contributed by atoms with Crippen LogP contribution in [0.2, 0.25) is 0 Å². The Morgan fingerprint density at radius 2 is 0.829 bits per heavy atom. The molecule has 0 aliphatic heterocycles. The molecule has 6 aromatic carbocycles. The number of pyridine rings is 3. The Morgan fingerprint density at radius 3 is 1.44 bits per heavy atom. The van der Waals surface area contributed by atoms with E-state index in [0.717, 1.165) is 123 Å². The maximum Gasteiger partial charge on any atom is 0.0708 e. The van der Waals surface area contributed by atoms with Crippen LogP contribution in [0.15, 0.2) is 219 Å². The van der Waals surface area contributed by atoms with Crippen LogP contribution in [-0.4, -0.2) is 15.0 Å². The molecular formula is C67H61N3. The van der Waals surface area contributed by atoms with Crippen LogP contribution in [0, 0.1) is 22.2 Å². The van der Waals surface area contributed by atoms with E-state index in [4.69, 9.17) is 15.0 Å². The molecule has 4 unspecified atom stereocenters. The minimum atomic E-state index is -1.66. The first-order chi connectivity index (χ1) is 36.0. The minimum absolute atomic E-state index is 0.189. The fourth-order valence-corrected chi connectivity index (χ4v) is 13.0. The van der Waals surface area contributed by atoms with Gasteiger partial charge in [-0.1, -0.05) is 176 Å². The largest absolute Gasteiger partial charge is 0.256 e. The van der Waals surface area contributed by atoms with E-state index in [-0.39, 0.29) is 24.2 Å². The summed E-state index contributed by atoms with van der Waals surface area (Å²) in [6.45, 7) is 0. The first-order valence-electron chi connectivity index (χ1n) is 27.3. The van der Waals surface area contributed by atoms with Gasteiger partial charge in [-0.3, -0.25) is 15.0 Å². The van der Waals surface area contributed by atoms with E-state index in [1.54, 1.807) is 0 Å². The molecular weight excluding hydrogens is 847 g/mol. The van der Waals surface area contributed by atoms with Crippen molar-refractivity contribution < 1.29 is 5.48 Å². The summed E-state index contributed by atoms with van der Waals surface area (Å²) in [5, 5.41) is 0. The molecule has 9 aromatic rings. The lowest BCUT2D eigenvalue weighted by Gasteiger charge is -2.67. The highest BCUT2D eigenvalue weighted by Crippen LogP contribution is 2.73. The lowest BCUT2D eigenvalue weighted by Crippen LogP contribution is -2.57. The minimum Gasteiger partial charge on any atom is -0.256 e. The van der Waals surface area contributed by atoms with Crippen LogP contribution in [0.4, 0.5) is 0 Å². The predicted molar refractivity (Wildman–Crippen MR) is 289 cm³/mol. The van der Waals surface area contributed by atoms with Crippen molar-refractivity contribution in [2.75, 3.05) is 0 Å². The molecule has 4 bridgehead atoms. The van der Waals surface area contributed by atoms with Gasteiger partial charge in [0.05, 0.1) is 17.1 Å². The van der Waals surface area contributed by atoms with Crippen molar-refractivity contribution in [3.05, 3.63) is 235 Å². The summed E-state index contributed by atoms with van der Waals surface area (Å²) >= 11 is 0. The van der Waals surface area contributed by atoms with E-state index < -0.39 is 23.6 Å². The van der Waals surface area contributed by atoms with Gasteiger partial charge in [-0.15, -0.1) is 0 Å². The maximum atomic E-state index is 10.5. The molecule has 4 aliphatic carbocycles. The molecule has 4 aliphatic rings. The van der Waals surface area contributed by atoms with Gasteiger partial charge in [0.1, 0.15) is 0 Å². The van der Waals surface area contributed by atoms with Gasteiger partial charge in [0.25, 0.3) is 0 Å². The lowest BCUT2D eigenvalue weighted by molar-refractivity contribution is -0.166. The topological polar surface area (TPSA) is 38.7 Å². The van der Waals surface area contributed by atoms with Gasteiger partial charge in [0.15, 0.2) is 0 Å². The van der Waals surface area contributed by atoms with Gasteiger partial charge < -0.3 is 0 Å². The Hall–Kier alpha value is -7.23. The maximum absolute atomic E-state index is 10.5. The van der Waals surface area contributed by atoms with Crippen LogP contribution in [-0.2, 0) is 19.3 Å². The lowest BCUT2D eigenvalue weighted by atomic mass is 9.37. The Balaban J connectivity index is 0.881. The molecule has 3 aromatic heterocycles. The standard InChI is InChI=1S/C67H61N3/c1-5-14-52(15-6-1)54-26-28-55(29-27-54)61-39-64(57-20-11-4-12-21-57)70-45-60(61)34-37-67-42-51-40-65(47-67,35-32-49-24-30-62(68-43-49)56-18-9-3-10-19-56)46-66(41-51,48-67)36-33-50-25-31-63(69-44-50)59-23-13-22-58(38-59)53-16-7-2-8-17-53/h1-31,38-39,43-45,51H,32-37,40-42,46-48H2/i36D2,37D2. The number of nitrogens with zero attached hydrogens (tertiary/aromatic N) is 3. The van der Waals surface area contributed by atoms with Crippen LogP contribution in [0.25, 0.3) is 67.2 Å². The van der Waals surface area contributed by atoms with Crippen LogP contribution < -0.4 is 0 Å². The molecule has 70 heavy (non-hydrogen) atoms. The molecule has 3 nitrogen and oxygen atoms in total. The summed E-state index contributed by atoms with van der Waals surface area (Å²) in [5.41, 5.74) is 13.6. The first-order valence-corrected chi connectivity index (χ1v) is 25.3. The van der Waals surface area contributed by atoms with Crippen molar-refractivity contribution in [3.63, 3.8) is 0 Å². The Labute approximate surface area is 420 Å². The SMILES string of the molecule is [2H]C([2H])(Cc1ccc(-c2cccc(-c3ccccc3)c2)nc1)C12CC3CC(CCc4ccc(-c5ccccc5)nc4)(C1)CC(C([2H])([2H])Cc1cnc(-c4ccccc4)cc1-c1ccc(-c4ccccc4)cc1)(C3)C2. The van der Waals surface area contributed by atoms with E-state index in [9.17, 15) is 5.48 Å². The Morgan fingerprint density at radius 1 is 0.371 bits per heavy atom. The number of hydrogen-bond donors (Lipinski definition) is 0. The van der Waals surface area contributed by atoms with E-state index in [2.05, 4.69) is 146 Å². The van der Waals surface area contributed by atoms with Gasteiger partial charge in [0.2, 0.25) is 0 Å². The highest BCUT2D eigenvalue weighted by Gasteiger charge is 2.62. The summed E-state index contributed by atoms with van der Waals surface area (Å²) < 4.78 is 41.7. The molecule has 4 atom stereocenters. The molecule has 3 heterocycles.